The summed E-state index contributed by atoms with van der Waals surface area (Å²) in [4.78, 5) is 0. The van der Waals surface area contributed by atoms with Crippen LogP contribution in [0.4, 0.5) is 17.6 Å². The monoisotopic (exact) mass is 478 g/mol. The molecule has 0 fully saturated rings. The Bertz CT molecular complexity index is 1300. The number of ether oxygens (including phenoxy) is 1. The zero-order valence-electron chi connectivity index (χ0n) is 17.1. The number of allylic oxidation sites excluding steroid dienone is 1. The summed E-state index contributed by atoms with van der Waals surface area (Å²) in [7, 11) is -5.93. The lowest BCUT2D eigenvalue weighted by Crippen LogP contribution is -2.26. The van der Waals surface area contributed by atoms with Crippen LogP contribution in [0, 0.1) is 5.82 Å². The number of hydrogen-bond acceptors (Lipinski definition) is 4. The minimum Gasteiger partial charge on any atom is -0.489 e. The van der Waals surface area contributed by atoms with E-state index in [0.717, 1.165) is 11.6 Å². The number of benzene rings is 3. The fraction of sp³-hybridized carbons (Fsp3) is 0.167. The zero-order valence-corrected chi connectivity index (χ0v) is 17.9. The Morgan fingerprint density at radius 1 is 0.879 bits per heavy atom. The van der Waals surface area contributed by atoms with E-state index in [9.17, 15) is 26.0 Å². The first kappa shape index (κ1) is 22.8. The number of halogens is 4. The van der Waals surface area contributed by atoms with Crippen LogP contribution in [0.25, 0.3) is 11.3 Å². The summed E-state index contributed by atoms with van der Waals surface area (Å²) in [5.74, 6) is -0.591. The Balaban J connectivity index is 1.73. The van der Waals surface area contributed by atoms with Crippen molar-refractivity contribution in [3.05, 3.63) is 101 Å². The van der Waals surface area contributed by atoms with Gasteiger partial charge in [-0.25, -0.2) is 4.39 Å². The smallest absolute Gasteiger partial charge is 0.489 e. The molecule has 0 N–H and O–H groups in total. The van der Waals surface area contributed by atoms with Crippen LogP contribution >= 0.6 is 0 Å². The normalized spacial score (nSPS) is 14.1. The molecule has 0 saturated carbocycles. The number of aryl methyl sites for hydroxylation is 1. The van der Waals surface area contributed by atoms with Gasteiger partial charge in [-0.15, -0.1) is 0 Å². The molecule has 0 radical (unpaired) electrons. The average Bonchev–Trinajstić information content (AvgIpc) is 2.77. The van der Waals surface area contributed by atoms with E-state index in [-0.39, 0.29) is 29.7 Å². The Morgan fingerprint density at radius 2 is 1.64 bits per heavy atom. The van der Waals surface area contributed by atoms with Crippen molar-refractivity contribution in [1.82, 2.24) is 0 Å². The molecule has 0 spiro atoms. The molecule has 0 bridgehead atoms. The molecule has 4 nitrogen and oxygen atoms in total. The van der Waals surface area contributed by atoms with Gasteiger partial charge in [0, 0.05) is 11.1 Å². The minimum atomic E-state index is -5.93. The van der Waals surface area contributed by atoms with Gasteiger partial charge in [0.1, 0.15) is 18.2 Å². The van der Waals surface area contributed by atoms with Crippen LogP contribution in [-0.2, 0) is 27.3 Å². The second kappa shape index (κ2) is 8.90. The molecular formula is C24H18F4O4S. The minimum absolute atomic E-state index is 0.154. The van der Waals surface area contributed by atoms with Crippen molar-refractivity contribution in [2.75, 3.05) is 0 Å². The molecule has 3 aromatic carbocycles. The Morgan fingerprint density at radius 3 is 2.33 bits per heavy atom. The van der Waals surface area contributed by atoms with Gasteiger partial charge in [0.15, 0.2) is 5.76 Å². The van der Waals surface area contributed by atoms with Gasteiger partial charge < -0.3 is 8.92 Å². The summed E-state index contributed by atoms with van der Waals surface area (Å²) in [6, 6.07) is 19.2. The molecule has 9 heteroatoms. The molecule has 0 saturated heterocycles. The van der Waals surface area contributed by atoms with Gasteiger partial charge in [0.2, 0.25) is 0 Å². The van der Waals surface area contributed by atoms with Gasteiger partial charge >= 0.3 is 15.6 Å². The highest BCUT2D eigenvalue weighted by atomic mass is 32.2. The van der Waals surface area contributed by atoms with Crippen molar-refractivity contribution in [1.29, 1.82) is 0 Å². The second-order valence-electron chi connectivity index (χ2n) is 7.39. The molecule has 172 valence electrons. The van der Waals surface area contributed by atoms with Gasteiger partial charge in [0.25, 0.3) is 0 Å². The lowest BCUT2D eigenvalue weighted by atomic mass is 9.87. The maximum absolute atomic E-state index is 13.8. The molecule has 3 aromatic rings. The summed E-state index contributed by atoms with van der Waals surface area (Å²) in [5, 5.41) is 0. The number of fused-ring (bicyclic) bond motifs is 1. The van der Waals surface area contributed by atoms with Crippen LogP contribution in [0.1, 0.15) is 28.7 Å². The highest BCUT2D eigenvalue weighted by Crippen LogP contribution is 2.41. The topological polar surface area (TPSA) is 52.6 Å². The Hall–Kier alpha value is -3.33. The van der Waals surface area contributed by atoms with E-state index in [0.29, 0.717) is 17.7 Å². The second-order valence-corrected chi connectivity index (χ2v) is 8.93. The first-order chi connectivity index (χ1) is 15.6. The predicted octanol–water partition coefficient (Wildman–Crippen LogP) is 6.09. The van der Waals surface area contributed by atoms with Crippen molar-refractivity contribution in [3.8, 4) is 5.75 Å². The molecule has 0 aliphatic heterocycles. The molecule has 0 heterocycles. The predicted molar refractivity (Wildman–Crippen MR) is 115 cm³/mol. The van der Waals surface area contributed by atoms with Crippen molar-refractivity contribution < 1.29 is 34.9 Å². The summed E-state index contributed by atoms with van der Waals surface area (Å²) in [6.07, 6.45) is 0.532. The van der Waals surface area contributed by atoms with E-state index < -0.39 is 27.2 Å². The standard InChI is InChI=1S/C24H18F4O4S/c25-19-8-4-7-17(13-19)21-11-9-18-14-20(31-15-16-5-2-1-3-6-16)10-12-22(18)23(21)32-33(29,30)24(26,27)28/h1-8,10,12-14H,9,11,15H2. The molecule has 33 heavy (non-hydrogen) atoms. The summed E-state index contributed by atoms with van der Waals surface area (Å²) in [6.45, 7) is 0.288. The van der Waals surface area contributed by atoms with Crippen LogP contribution in [0.2, 0.25) is 0 Å². The van der Waals surface area contributed by atoms with Crippen molar-refractivity contribution in [2.24, 2.45) is 0 Å². The molecule has 1 aliphatic carbocycles. The van der Waals surface area contributed by atoms with Crippen molar-refractivity contribution in [3.63, 3.8) is 0 Å². The van der Waals surface area contributed by atoms with E-state index in [4.69, 9.17) is 4.74 Å². The first-order valence-electron chi connectivity index (χ1n) is 9.94. The summed E-state index contributed by atoms with van der Waals surface area (Å²) >= 11 is 0. The largest absolute Gasteiger partial charge is 0.534 e. The maximum Gasteiger partial charge on any atom is 0.534 e. The molecule has 0 unspecified atom stereocenters. The summed E-state index contributed by atoms with van der Waals surface area (Å²) in [5.41, 5.74) is -3.51. The van der Waals surface area contributed by atoms with Gasteiger partial charge in [-0.2, -0.15) is 21.6 Å². The molecule has 4 rings (SSSR count). The molecule has 0 amide bonds. The summed E-state index contributed by atoms with van der Waals surface area (Å²) < 4.78 is 87.0. The lowest BCUT2D eigenvalue weighted by molar-refractivity contribution is -0.0509. The lowest BCUT2D eigenvalue weighted by Gasteiger charge is -2.24. The van der Waals surface area contributed by atoms with E-state index in [1.165, 1.54) is 30.3 Å². The average molecular weight is 478 g/mol. The number of alkyl halides is 3. The van der Waals surface area contributed by atoms with Crippen molar-refractivity contribution in [2.45, 2.75) is 25.0 Å². The SMILES string of the molecule is O=S(=O)(OC1=C(c2cccc(F)c2)CCc2cc(OCc3ccccc3)ccc21)C(F)(F)F. The van der Waals surface area contributed by atoms with Gasteiger partial charge in [-0.3, -0.25) is 0 Å². The van der Waals surface area contributed by atoms with Crippen molar-refractivity contribution >= 4 is 21.5 Å². The molecule has 1 aliphatic rings. The maximum atomic E-state index is 13.8. The quantitative estimate of drug-likeness (QED) is 0.245. The third kappa shape index (κ3) is 5.03. The van der Waals surface area contributed by atoms with E-state index in [1.807, 2.05) is 30.3 Å². The molecule has 0 atom stereocenters. The molecular weight excluding hydrogens is 460 g/mol. The van der Waals surface area contributed by atoms with Gasteiger partial charge in [0.05, 0.1) is 0 Å². The number of hydrogen-bond donors (Lipinski definition) is 0. The third-order valence-corrected chi connectivity index (χ3v) is 6.09. The zero-order chi connectivity index (χ0) is 23.6. The third-order valence-electron chi connectivity index (χ3n) is 5.14. The van der Waals surface area contributed by atoms with Gasteiger partial charge in [-0.1, -0.05) is 42.5 Å². The van der Waals surface area contributed by atoms with Crippen LogP contribution in [0.5, 0.6) is 5.75 Å². The van der Waals surface area contributed by atoms with Crippen LogP contribution in [-0.4, -0.2) is 13.9 Å². The van der Waals surface area contributed by atoms with Crippen LogP contribution in [0.3, 0.4) is 0 Å². The van der Waals surface area contributed by atoms with E-state index >= 15 is 0 Å². The fourth-order valence-electron chi connectivity index (χ4n) is 3.57. The highest BCUT2D eigenvalue weighted by molar-refractivity contribution is 7.87. The highest BCUT2D eigenvalue weighted by Gasteiger charge is 2.49. The fourth-order valence-corrected chi connectivity index (χ4v) is 4.07. The first-order valence-corrected chi connectivity index (χ1v) is 11.3. The van der Waals surface area contributed by atoms with E-state index in [1.54, 1.807) is 6.07 Å². The Labute approximate surface area is 188 Å². The van der Waals surface area contributed by atoms with Crippen LogP contribution < -0.4 is 4.74 Å². The van der Waals surface area contributed by atoms with Gasteiger partial charge in [-0.05, 0) is 59.9 Å². The van der Waals surface area contributed by atoms with Crippen LogP contribution in [0.15, 0.2) is 72.8 Å². The Kier molecular flexibility index (Phi) is 6.16. The van der Waals surface area contributed by atoms with E-state index in [2.05, 4.69) is 4.18 Å². The number of rotatable bonds is 6. The molecule has 0 aromatic heterocycles.